The minimum atomic E-state index is -1.25. The molecule has 6 heteroatoms. The van der Waals surface area contributed by atoms with Crippen LogP contribution in [-0.2, 0) is 0 Å². The van der Waals surface area contributed by atoms with Crippen molar-refractivity contribution < 1.29 is 9.90 Å². The highest BCUT2D eigenvalue weighted by molar-refractivity contribution is 9.10. The van der Waals surface area contributed by atoms with Gasteiger partial charge in [0.1, 0.15) is 5.56 Å². The molecule has 2 heterocycles. The average molecular weight is 309 g/mol. The van der Waals surface area contributed by atoms with Gasteiger partial charge in [-0.3, -0.25) is 14.3 Å². The zero-order valence-corrected chi connectivity index (χ0v) is 11.0. The van der Waals surface area contributed by atoms with Crippen LogP contribution in [0.25, 0.3) is 5.69 Å². The highest BCUT2D eigenvalue weighted by Gasteiger charge is 2.16. The Morgan fingerprint density at radius 2 is 2.22 bits per heavy atom. The maximum atomic E-state index is 12.1. The van der Waals surface area contributed by atoms with Crippen LogP contribution in [0.2, 0.25) is 0 Å². The Labute approximate surface area is 111 Å². The summed E-state index contributed by atoms with van der Waals surface area (Å²) in [6, 6.07) is 4.69. The summed E-state index contributed by atoms with van der Waals surface area (Å²) in [4.78, 5) is 27.1. The van der Waals surface area contributed by atoms with Crippen molar-refractivity contribution in [3.05, 3.63) is 56.7 Å². The molecular weight excluding hydrogens is 300 g/mol. The van der Waals surface area contributed by atoms with E-state index in [0.29, 0.717) is 15.9 Å². The van der Waals surface area contributed by atoms with Crippen molar-refractivity contribution in [3.63, 3.8) is 0 Å². The first-order valence-electron chi connectivity index (χ1n) is 5.08. The summed E-state index contributed by atoms with van der Waals surface area (Å²) in [5, 5.41) is 9.00. The third-order valence-electron chi connectivity index (χ3n) is 2.52. The van der Waals surface area contributed by atoms with E-state index in [9.17, 15) is 9.59 Å². The van der Waals surface area contributed by atoms with Crippen molar-refractivity contribution in [2.75, 3.05) is 0 Å². The number of carboxylic acid groups (broad SMARTS) is 1. The lowest BCUT2D eigenvalue weighted by atomic mass is 10.2. The molecule has 0 saturated carbocycles. The molecule has 0 unspecified atom stereocenters. The van der Waals surface area contributed by atoms with Gasteiger partial charge in [0.25, 0.3) is 5.56 Å². The van der Waals surface area contributed by atoms with E-state index in [-0.39, 0.29) is 5.56 Å². The Balaban J connectivity index is 2.82. The van der Waals surface area contributed by atoms with Gasteiger partial charge in [0, 0.05) is 16.4 Å². The highest BCUT2D eigenvalue weighted by Crippen LogP contribution is 2.18. The van der Waals surface area contributed by atoms with Gasteiger partial charge in [-0.15, -0.1) is 0 Å². The van der Waals surface area contributed by atoms with Gasteiger partial charge in [-0.05, 0) is 41.1 Å². The van der Waals surface area contributed by atoms with Crippen LogP contribution < -0.4 is 5.56 Å². The Morgan fingerprint density at radius 3 is 2.78 bits per heavy atom. The normalized spacial score (nSPS) is 10.3. The number of hydrogen-bond donors (Lipinski definition) is 1. The molecule has 5 nitrogen and oxygen atoms in total. The first-order chi connectivity index (χ1) is 8.52. The molecule has 0 radical (unpaired) electrons. The van der Waals surface area contributed by atoms with Gasteiger partial charge in [-0.2, -0.15) is 0 Å². The number of rotatable bonds is 2. The van der Waals surface area contributed by atoms with Crippen LogP contribution in [0, 0.1) is 6.92 Å². The molecule has 0 aromatic carbocycles. The SMILES string of the molecule is Cc1c(Br)cc(C(=O)O)c(=O)n1-c1cccnc1. The minimum absolute atomic E-state index is 0.281. The Morgan fingerprint density at radius 1 is 1.50 bits per heavy atom. The van der Waals surface area contributed by atoms with E-state index in [0.717, 1.165) is 0 Å². The van der Waals surface area contributed by atoms with Crippen molar-refractivity contribution in [1.82, 2.24) is 9.55 Å². The number of carboxylic acids is 1. The van der Waals surface area contributed by atoms with E-state index >= 15 is 0 Å². The maximum Gasteiger partial charge on any atom is 0.341 e. The van der Waals surface area contributed by atoms with Crippen LogP contribution in [-0.4, -0.2) is 20.6 Å². The Bertz CT molecular complexity index is 665. The molecule has 2 aromatic heterocycles. The van der Waals surface area contributed by atoms with Crippen molar-refractivity contribution in [3.8, 4) is 5.69 Å². The largest absolute Gasteiger partial charge is 0.477 e. The van der Waals surface area contributed by atoms with Crippen LogP contribution in [0.5, 0.6) is 0 Å². The Kier molecular flexibility index (Phi) is 3.29. The van der Waals surface area contributed by atoms with E-state index in [1.54, 1.807) is 25.3 Å². The maximum absolute atomic E-state index is 12.1. The average Bonchev–Trinajstić information content (AvgIpc) is 2.35. The van der Waals surface area contributed by atoms with Gasteiger partial charge in [0.05, 0.1) is 11.9 Å². The number of carbonyl (C=O) groups is 1. The monoisotopic (exact) mass is 308 g/mol. The third-order valence-corrected chi connectivity index (χ3v) is 3.32. The van der Waals surface area contributed by atoms with Crippen molar-refractivity contribution in [2.45, 2.75) is 6.92 Å². The summed E-state index contributed by atoms with van der Waals surface area (Å²) in [5.41, 5.74) is 0.300. The molecule has 0 spiro atoms. The number of pyridine rings is 2. The van der Waals surface area contributed by atoms with Gasteiger partial charge in [-0.1, -0.05) is 0 Å². The summed E-state index contributed by atoms with van der Waals surface area (Å²) >= 11 is 3.25. The zero-order valence-electron chi connectivity index (χ0n) is 9.42. The van der Waals surface area contributed by atoms with Gasteiger partial charge in [0.15, 0.2) is 0 Å². The number of hydrogen-bond acceptors (Lipinski definition) is 3. The number of aromatic carboxylic acids is 1. The fourth-order valence-electron chi connectivity index (χ4n) is 1.62. The molecule has 0 amide bonds. The second kappa shape index (κ2) is 4.73. The second-order valence-electron chi connectivity index (χ2n) is 3.65. The summed E-state index contributed by atoms with van der Waals surface area (Å²) < 4.78 is 1.88. The van der Waals surface area contributed by atoms with Crippen LogP contribution in [0.4, 0.5) is 0 Å². The molecule has 0 bridgehead atoms. The van der Waals surface area contributed by atoms with Crippen LogP contribution in [0.1, 0.15) is 16.1 Å². The number of nitrogens with zero attached hydrogens (tertiary/aromatic N) is 2. The molecule has 0 aliphatic rings. The molecule has 0 atom stereocenters. The number of halogens is 1. The van der Waals surface area contributed by atoms with Crippen LogP contribution >= 0.6 is 15.9 Å². The Hall–Kier alpha value is -1.95. The summed E-state index contributed by atoms with van der Waals surface area (Å²) in [6.45, 7) is 1.73. The molecule has 18 heavy (non-hydrogen) atoms. The quantitative estimate of drug-likeness (QED) is 0.921. The highest BCUT2D eigenvalue weighted by atomic mass is 79.9. The van der Waals surface area contributed by atoms with Gasteiger partial charge < -0.3 is 5.11 Å². The fraction of sp³-hybridized carbons (Fsp3) is 0.0833. The van der Waals surface area contributed by atoms with E-state index in [2.05, 4.69) is 20.9 Å². The second-order valence-corrected chi connectivity index (χ2v) is 4.50. The standard InChI is InChI=1S/C12H9BrN2O3/c1-7-10(13)5-9(12(17)18)11(16)15(7)8-3-2-4-14-6-8/h2-6H,1H3,(H,17,18). The molecule has 0 aliphatic heterocycles. The van der Waals surface area contributed by atoms with E-state index < -0.39 is 11.5 Å². The zero-order chi connectivity index (χ0) is 13.3. The lowest BCUT2D eigenvalue weighted by Gasteiger charge is -2.12. The molecule has 1 N–H and O–H groups in total. The molecule has 2 aromatic rings. The van der Waals surface area contributed by atoms with Crippen LogP contribution in [0.3, 0.4) is 0 Å². The first-order valence-corrected chi connectivity index (χ1v) is 5.87. The van der Waals surface area contributed by atoms with Crippen LogP contribution in [0.15, 0.2) is 39.9 Å². The molecule has 0 fully saturated rings. The smallest absolute Gasteiger partial charge is 0.341 e. The van der Waals surface area contributed by atoms with Crippen molar-refractivity contribution >= 4 is 21.9 Å². The topological polar surface area (TPSA) is 72.2 Å². The summed E-state index contributed by atoms with van der Waals surface area (Å²) in [5.74, 6) is -1.25. The van der Waals surface area contributed by atoms with E-state index in [1.165, 1.54) is 16.8 Å². The van der Waals surface area contributed by atoms with Crippen molar-refractivity contribution in [1.29, 1.82) is 0 Å². The predicted molar refractivity (Wildman–Crippen MR) is 69.2 cm³/mol. The van der Waals surface area contributed by atoms with E-state index in [4.69, 9.17) is 5.11 Å². The minimum Gasteiger partial charge on any atom is -0.477 e. The van der Waals surface area contributed by atoms with Gasteiger partial charge in [-0.25, -0.2) is 4.79 Å². The summed E-state index contributed by atoms with van der Waals surface area (Å²) in [6.07, 6.45) is 3.09. The molecule has 92 valence electrons. The first kappa shape index (κ1) is 12.5. The molecule has 2 rings (SSSR count). The fourth-order valence-corrected chi connectivity index (χ4v) is 2.03. The molecule has 0 saturated heterocycles. The summed E-state index contributed by atoms with van der Waals surface area (Å²) in [7, 11) is 0. The number of aromatic nitrogens is 2. The predicted octanol–water partition coefficient (Wildman–Crippen LogP) is 2.00. The lowest BCUT2D eigenvalue weighted by molar-refractivity contribution is 0.0694. The van der Waals surface area contributed by atoms with Gasteiger partial charge >= 0.3 is 5.97 Å². The lowest BCUT2D eigenvalue weighted by Crippen LogP contribution is -2.27. The molecular formula is C12H9BrN2O3. The van der Waals surface area contributed by atoms with Crippen molar-refractivity contribution in [2.24, 2.45) is 0 Å². The van der Waals surface area contributed by atoms with E-state index in [1.807, 2.05) is 0 Å². The third kappa shape index (κ3) is 2.06. The van der Waals surface area contributed by atoms with Gasteiger partial charge in [0.2, 0.25) is 0 Å². The molecule has 0 aliphatic carbocycles.